The Kier molecular flexibility index (Phi) is 7.53. The van der Waals surface area contributed by atoms with Gasteiger partial charge in [-0.3, -0.25) is 9.59 Å². The summed E-state index contributed by atoms with van der Waals surface area (Å²) in [5.41, 5.74) is 0.449. The van der Waals surface area contributed by atoms with Gasteiger partial charge in [0.05, 0.1) is 18.2 Å². The zero-order valence-electron chi connectivity index (χ0n) is 21.6. The fraction of sp³-hybridized carbons (Fsp3) is 0.929. The molecule has 0 spiro atoms. The van der Waals surface area contributed by atoms with Crippen molar-refractivity contribution in [3.05, 3.63) is 0 Å². The summed E-state index contributed by atoms with van der Waals surface area (Å²) in [4.78, 5) is 23.9. The summed E-state index contributed by atoms with van der Waals surface area (Å²) >= 11 is 0. The molecular weight excluding hydrogens is 430 g/mol. The van der Waals surface area contributed by atoms with Gasteiger partial charge in [-0.2, -0.15) is 0 Å². The van der Waals surface area contributed by atoms with Crippen LogP contribution < -0.4 is 5.32 Å². The first kappa shape index (κ1) is 26.1. The Labute approximate surface area is 205 Å². The third kappa shape index (κ3) is 4.48. The minimum Gasteiger partial charge on any atom is -0.393 e. The van der Waals surface area contributed by atoms with Crippen molar-refractivity contribution in [3.8, 4) is 0 Å². The van der Waals surface area contributed by atoms with Crippen LogP contribution in [0.4, 0.5) is 0 Å². The summed E-state index contributed by atoms with van der Waals surface area (Å²) in [5, 5.41) is 33.3. The van der Waals surface area contributed by atoms with Crippen molar-refractivity contribution in [1.29, 1.82) is 0 Å². The lowest BCUT2D eigenvalue weighted by atomic mass is 9.43. The van der Waals surface area contributed by atoms with Gasteiger partial charge in [0, 0.05) is 6.42 Å². The second-order valence-electron chi connectivity index (χ2n) is 12.9. The molecule has 0 saturated heterocycles. The number of amides is 1. The van der Waals surface area contributed by atoms with E-state index in [0.717, 1.165) is 38.5 Å². The Morgan fingerprint density at radius 3 is 2.35 bits per heavy atom. The van der Waals surface area contributed by atoms with Crippen LogP contribution in [0, 0.1) is 46.3 Å². The highest BCUT2D eigenvalue weighted by molar-refractivity contribution is 5.89. The van der Waals surface area contributed by atoms with E-state index in [1.54, 1.807) is 6.92 Å². The highest BCUT2D eigenvalue weighted by Gasteiger charge is 2.62. The van der Waals surface area contributed by atoms with Crippen LogP contribution >= 0.6 is 0 Å². The molecule has 4 fully saturated rings. The molecule has 4 aliphatic carbocycles. The fourth-order valence-corrected chi connectivity index (χ4v) is 9.27. The van der Waals surface area contributed by atoms with Crippen LogP contribution in [0.5, 0.6) is 0 Å². The molecule has 4 N–H and O–H groups in total. The van der Waals surface area contributed by atoms with Crippen molar-refractivity contribution in [2.24, 2.45) is 46.3 Å². The van der Waals surface area contributed by atoms with Gasteiger partial charge in [-0.15, -0.1) is 0 Å². The smallest absolute Gasteiger partial charge is 0.220 e. The van der Waals surface area contributed by atoms with Crippen LogP contribution in [0.3, 0.4) is 0 Å². The summed E-state index contributed by atoms with van der Waals surface area (Å²) < 4.78 is 0. The van der Waals surface area contributed by atoms with E-state index in [9.17, 15) is 19.8 Å². The minimum atomic E-state index is -0.643. The number of hydrogen-bond donors (Lipinski definition) is 4. The zero-order valence-corrected chi connectivity index (χ0v) is 21.6. The number of Topliss-reactive ketones (excluding diaryl/α,β-unsaturated/α-hetero) is 1. The van der Waals surface area contributed by atoms with E-state index >= 15 is 0 Å². The summed E-state index contributed by atoms with van der Waals surface area (Å²) in [7, 11) is 0. The van der Waals surface area contributed by atoms with Gasteiger partial charge in [-0.05, 0) is 111 Å². The lowest BCUT2D eigenvalue weighted by Crippen LogP contribution is -2.58. The molecule has 4 rings (SSSR count). The molecule has 0 heterocycles. The molecule has 0 aliphatic heterocycles. The number of hydrogen-bond acceptors (Lipinski definition) is 5. The summed E-state index contributed by atoms with van der Waals surface area (Å²) in [6, 6.07) is -0.643. The Hall–Kier alpha value is -0.980. The molecule has 34 heavy (non-hydrogen) atoms. The van der Waals surface area contributed by atoms with E-state index in [1.165, 1.54) is 19.3 Å². The number of nitrogens with one attached hydrogen (secondary N) is 1. The van der Waals surface area contributed by atoms with Crippen LogP contribution in [-0.4, -0.2) is 51.9 Å². The zero-order chi connectivity index (χ0) is 24.8. The molecule has 4 saturated carbocycles. The predicted molar refractivity (Wildman–Crippen MR) is 131 cm³/mol. The van der Waals surface area contributed by atoms with Gasteiger partial charge in [0.1, 0.15) is 6.61 Å². The molecule has 0 unspecified atom stereocenters. The molecule has 1 amide bonds. The Morgan fingerprint density at radius 2 is 1.65 bits per heavy atom. The SMILES string of the molecule is C[C@H](NC(=O)CC[C@@H](C)[C@H]1CC[C@H]2[C@@H]3[C@@H](O)C[C@@H]4C[C@H](O)CC[C@]4(C)[C@H]3CC[C@]12C)C(=O)CO. The highest BCUT2D eigenvalue weighted by atomic mass is 16.3. The van der Waals surface area contributed by atoms with Gasteiger partial charge in [0.15, 0.2) is 5.78 Å². The Morgan fingerprint density at radius 1 is 0.971 bits per heavy atom. The third-order valence-electron chi connectivity index (χ3n) is 11.3. The van der Waals surface area contributed by atoms with E-state index in [0.29, 0.717) is 41.9 Å². The van der Waals surface area contributed by atoms with E-state index in [1.807, 2.05) is 0 Å². The van der Waals surface area contributed by atoms with Crippen LogP contribution in [-0.2, 0) is 9.59 Å². The number of aliphatic hydroxyl groups is 3. The lowest BCUT2D eigenvalue weighted by Gasteiger charge is -2.62. The fourth-order valence-electron chi connectivity index (χ4n) is 9.27. The van der Waals surface area contributed by atoms with Crippen LogP contribution in [0.2, 0.25) is 0 Å². The highest BCUT2D eigenvalue weighted by Crippen LogP contribution is 2.68. The molecule has 4 aliphatic rings. The maximum absolute atomic E-state index is 12.4. The normalized spacial score (nSPS) is 45.4. The predicted octanol–water partition coefficient (Wildman–Crippen LogP) is 3.46. The van der Waals surface area contributed by atoms with Crippen molar-refractivity contribution >= 4 is 11.7 Å². The average molecular weight is 478 g/mol. The van der Waals surface area contributed by atoms with Crippen molar-refractivity contribution in [3.63, 3.8) is 0 Å². The van der Waals surface area contributed by atoms with Crippen molar-refractivity contribution in [2.45, 2.75) is 110 Å². The van der Waals surface area contributed by atoms with Gasteiger partial charge in [-0.1, -0.05) is 20.8 Å². The second-order valence-corrected chi connectivity index (χ2v) is 12.9. The van der Waals surface area contributed by atoms with Crippen LogP contribution in [0.25, 0.3) is 0 Å². The third-order valence-corrected chi connectivity index (χ3v) is 11.3. The molecule has 6 nitrogen and oxygen atoms in total. The first-order chi connectivity index (χ1) is 16.0. The quantitative estimate of drug-likeness (QED) is 0.449. The molecule has 6 heteroatoms. The van der Waals surface area contributed by atoms with E-state index in [4.69, 9.17) is 5.11 Å². The second kappa shape index (κ2) is 9.82. The molecule has 0 bridgehead atoms. The number of ketones is 1. The Bertz CT molecular complexity index is 772. The van der Waals surface area contributed by atoms with E-state index < -0.39 is 12.6 Å². The number of carbonyl (C=O) groups is 2. The average Bonchev–Trinajstić information content (AvgIpc) is 3.15. The van der Waals surface area contributed by atoms with Gasteiger partial charge < -0.3 is 20.6 Å². The van der Waals surface area contributed by atoms with E-state index in [2.05, 4.69) is 26.1 Å². The van der Waals surface area contributed by atoms with Gasteiger partial charge in [0.2, 0.25) is 5.91 Å². The molecular formula is C28H47NO5. The summed E-state index contributed by atoms with van der Waals surface area (Å²) in [5.74, 6) is 2.37. The number of rotatable bonds is 7. The lowest BCUT2D eigenvalue weighted by molar-refractivity contribution is -0.174. The standard InChI is InChI=1S/C28H47NO5/c1-16(5-8-25(34)29-17(2)24(33)15-30)20-6-7-21-26-22(10-12-28(20,21)4)27(3)11-9-19(31)13-18(27)14-23(26)32/h16-23,26,30-32H,5-15H2,1-4H3,(H,29,34)/t16-,17+,18+,19-,20-,21+,22+,23+,26+,27+,28-/m1/s1. The topological polar surface area (TPSA) is 107 Å². The van der Waals surface area contributed by atoms with Crippen molar-refractivity contribution in [1.82, 2.24) is 5.32 Å². The largest absolute Gasteiger partial charge is 0.393 e. The van der Waals surface area contributed by atoms with Crippen molar-refractivity contribution < 1.29 is 24.9 Å². The molecule has 11 atom stereocenters. The summed E-state index contributed by atoms with van der Waals surface area (Å²) in [6.45, 7) is 8.25. The van der Waals surface area contributed by atoms with E-state index in [-0.39, 0.29) is 34.7 Å². The summed E-state index contributed by atoms with van der Waals surface area (Å²) in [6.07, 6.45) is 9.11. The molecule has 0 aromatic heterocycles. The van der Waals surface area contributed by atoms with Gasteiger partial charge in [-0.25, -0.2) is 0 Å². The minimum absolute atomic E-state index is 0.120. The first-order valence-corrected chi connectivity index (χ1v) is 13.8. The molecule has 0 aromatic rings. The number of carbonyl (C=O) groups excluding carboxylic acids is 2. The number of fused-ring (bicyclic) bond motifs is 5. The van der Waals surface area contributed by atoms with Gasteiger partial charge >= 0.3 is 0 Å². The van der Waals surface area contributed by atoms with Gasteiger partial charge in [0.25, 0.3) is 0 Å². The first-order valence-electron chi connectivity index (χ1n) is 13.8. The van der Waals surface area contributed by atoms with Crippen molar-refractivity contribution in [2.75, 3.05) is 6.61 Å². The molecule has 0 radical (unpaired) electrons. The maximum Gasteiger partial charge on any atom is 0.220 e. The van der Waals surface area contributed by atoms with Crippen LogP contribution in [0.15, 0.2) is 0 Å². The monoisotopic (exact) mass is 477 g/mol. The molecule has 0 aromatic carbocycles. The number of aliphatic hydroxyl groups excluding tert-OH is 3. The Balaban J connectivity index is 1.41. The molecule has 194 valence electrons. The van der Waals surface area contributed by atoms with Crippen LogP contribution in [0.1, 0.15) is 91.9 Å². The maximum atomic E-state index is 12.4.